The van der Waals surface area contributed by atoms with Gasteiger partial charge in [0.2, 0.25) is 12.2 Å². The minimum atomic E-state index is -1.17. The van der Waals surface area contributed by atoms with Crippen LogP contribution < -0.4 is 0 Å². The van der Waals surface area contributed by atoms with E-state index in [-0.39, 0.29) is 35.8 Å². The summed E-state index contributed by atoms with van der Waals surface area (Å²) in [6, 6.07) is -0.273. The molecule has 6 atom stereocenters. The molecule has 0 spiro atoms. The van der Waals surface area contributed by atoms with Gasteiger partial charge in [-0.2, -0.15) is 0 Å². The average Bonchev–Trinajstić information content (AvgIpc) is 3.04. The first-order chi connectivity index (χ1) is 15.3. The van der Waals surface area contributed by atoms with Crippen molar-refractivity contribution < 1.29 is 38.4 Å². The molecule has 1 saturated heterocycles. The van der Waals surface area contributed by atoms with Gasteiger partial charge in [-0.3, -0.25) is 4.79 Å². The van der Waals surface area contributed by atoms with E-state index in [1.54, 1.807) is 14.0 Å². The van der Waals surface area contributed by atoms with E-state index in [0.717, 1.165) is 56.9 Å². The highest BCUT2D eigenvalue weighted by Gasteiger charge is 2.62. The third-order valence-electron chi connectivity index (χ3n) is 7.19. The van der Waals surface area contributed by atoms with E-state index < -0.39 is 30.4 Å². The molecule has 0 radical (unpaired) electrons. The van der Waals surface area contributed by atoms with Crippen molar-refractivity contribution in [2.24, 2.45) is 11.8 Å². The zero-order chi connectivity index (χ0) is 23.0. The Kier molecular flexibility index (Phi) is 6.76. The van der Waals surface area contributed by atoms with E-state index in [1.807, 2.05) is 0 Å². The summed E-state index contributed by atoms with van der Waals surface area (Å²) in [4.78, 5) is 39.5. The summed E-state index contributed by atoms with van der Waals surface area (Å²) >= 11 is 0. The molecule has 2 saturated carbocycles. The van der Waals surface area contributed by atoms with Gasteiger partial charge in [-0.1, -0.05) is 6.42 Å². The number of hydrogen-bond donors (Lipinski definition) is 1. The first-order valence-corrected chi connectivity index (χ1v) is 11.7. The number of aliphatic hydroxyl groups is 1. The van der Waals surface area contributed by atoms with E-state index >= 15 is 0 Å². The third kappa shape index (κ3) is 4.12. The zero-order valence-electron chi connectivity index (χ0n) is 19.0. The second kappa shape index (κ2) is 9.39. The van der Waals surface area contributed by atoms with Gasteiger partial charge in [0.1, 0.15) is 11.8 Å². The van der Waals surface area contributed by atoms with Gasteiger partial charge in [-0.05, 0) is 57.4 Å². The Morgan fingerprint density at radius 1 is 1.03 bits per heavy atom. The first-order valence-electron chi connectivity index (χ1n) is 11.7. The van der Waals surface area contributed by atoms with Crippen LogP contribution in [0.5, 0.6) is 0 Å². The molecular weight excluding hydrogens is 418 g/mol. The van der Waals surface area contributed by atoms with Crippen LogP contribution in [-0.4, -0.2) is 65.8 Å². The van der Waals surface area contributed by atoms with Crippen molar-refractivity contribution in [1.82, 2.24) is 4.90 Å². The summed E-state index contributed by atoms with van der Waals surface area (Å²) < 4.78 is 21.5. The van der Waals surface area contributed by atoms with Crippen molar-refractivity contribution >= 4 is 18.0 Å². The van der Waals surface area contributed by atoms with Gasteiger partial charge in [0, 0.05) is 20.0 Å². The number of ether oxygens (including phenoxy) is 4. The molecule has 0 aromatic carbocycles. The van der Waals surface area contributed by atoms with Crippen molar-refractivity contribution in [3.63, 3.8) is 0 Å². The number of rotatable bonds is 6. The number of nitrogens with zero attached hydrogens (tertiary/aromatic N) is 1. The molecule has 2 aliphatic heterocycles. The molecule has 4 rings (SSSR count). The number of amides is 1. The van der Waals surface area contributed by atoms with Gasteiger partial charge < -0.3 is 29.0 Å². The molecule has 1 amide bonds. The maximum atomic E-state index is 13.1. The molecule has 0 bridgehead atoms. The average molecular weight is 452 g/mol. The van der Waals surface area contributed by atoms with Crippen LogP contribution in [0.2, 0.25) is 0 Å². The Balaban J connectivity index is 1.46. The Morgan fingerprint density at radius 2 is 1.75 bits per heavy atom. The standard InChI is InChI=1S/C23H33NO8/c1-12(25)17-19-15-10-7-11-16(29-3)18(15)20(24(19)21(17)26)22(27)30-13(2)31-23(28)32-14-8-5-4-6-9-14/h12-17,19,25H,4-11H2,1-3H3/t12-,13?,15-,16+,17-,19-/m1/s1. The minimum absolute atomic E-state index is 0.0546. The molecule has 1 N–H and O–H groups in total. The smallest absolute Gasteiger partial charge is 0.431 e. The Morgan fingerprint density at radius 3 is 2.41 bits per heavy atom. The molecule has 3 fully saturated rings. The van der Waals surface area contributed by atoms with Gasteiger partial charge in [0.25, 0.3) is 0 Å². The summed E-state index contributed by atoms with van der Waals surface area (Å²) in [6.45, 7) is 3.04. The summed E-state index contributed by atoms with van der Waals surface area (Å²) in [6.07, 6.45) is 3.94. The van der Waals surface area contributed by atoms with E-state index in [1.165, 1.54) is 11.8 Å². The minimum Gasteiger partial charge on any atom is -0.431 e. The summed E-state index contributed by atoms with van der Waals surface area (Å²) in [7, 11) is 1.58. The van der Waals surface area contributed by atoms with Crippen LogP contribution in [0.15, 0.2) is 11.3 Å². The van der Waals surface area contributed by atoms with Crippen molar-refractivity contribution in [3.8, 4) is 0 Å². The largest absolute Gasteiger partial charge is 0.511 e. The van der Waals surface area contributed by atoms with Crippen LogP contribution in [0.3, 0.4) is 0 Å². The fourth-order valence-electron chi connectivity index (χ4n) is 5.78. The maximum Gasteiger partial charge on any atom is 0.511 e. The first kappa shape index (κ1) is 23.0. The van der Waals surface area contributed by atoms with E-state index in [4.69, 9.17) is 18.9 Å². The van der Waals surface area contributed by atoms with Crippen molar-refractivity contribution in [2.75, 3.05) is 7.11 Å². The van der Waals surface area contributed by atoms with Gasteiger partial charge in [0.15, 0.2) is 0 Å². The molecule has 2 heterocycles. The third-order valence-corrected chi connectivity index (χ3v) is 7.19. The fourth-order valence-corrected chi connectivity index (χ4v) is 5.78. The van der Waals surface area contributed by atoms with Crippen LogP contribution in [0.25, 0.3) is 0 Å². The lowest BCUT2D eigenvalue weighted by Crippen LogP contribution is -2.64. The molecule has 1 unspecified atom stereocenters. The van der Waals surface area contributed by atoms with Gasteiger partial charge >= 0.3 is 12.1 Å². The Labute approximate surface area is 188 Å². The Bertz CT molecular complexity index is 787. The lowest BCUT2D eigenvalue weighted by Gasteiger charge is -2.47. The number of methoxy groups -OCH3 is 1. The lowest BCUT2D eigenvalue weighted by atomic mass is 9.72. The van der Waals surface area contributed by atoms with Crippen LogP contribution in [-0.2, 0) is 28.5 Å². The number of carbonyl (C=O) groups is 3. The van der Waals surface area contributed by atoms with Gasteiger partial charge in [0.05, 0.1) is 24.2 Å². The summed E-state index contributed by atoms with van der Waals surface area (Å²) in [5.41, 5.74) is 0.923. The molecule has 9 heteroatoms. The number of carbonyl (C=O) groups excluding carboxylic acids is 3. The number of esters is 1. The van der Waals surface area contributed by atoms with Crippen LogP contribution in [0.1, 0.15) is 65.2 Å². The van der Waals surface area contributed by atoms with E-state index in [0.29, 0.717) is 0 Å². The predicted octanol–water partition coefficient (Wildman–Crippen LogP) is 2.65. The highest BCUT2D eigenvalue weighted by molar-refractivity contribution is 6.01. The monoisotopic (exact) mass is 451 g/mol. The number of aliphatic hydroxyl groups excluding tert-OH is 1. The lowest BCUT2D eigenvalue weighted by molar-refractivity contribution is -0.174. The second-order valence-electron chi connectivity index (χ2n) is 9.25. The van der Waals surface area contributed by atoms with Crippen LogP contribution >= 0.6 is 0 Å². The highest BCUT2D eigenvalue weighted by atomic mass is 16.8. The fraction of sp³-hybridized carbons (Fsp3) is 0.783. The molecular formula is C23H33NO8. The topological polar surface area (TPSA) is 112 Å². The number of fused-ring (bicyclic) bond motifs is 3. The highest BCUT2D eigenvalue weighted by Crippen LogP contribution is 2.52. The normalized spacial score (nSPS) is 31.9. The van der Waals surface area contributed by atoms with Crippen LogP contribution in [0, 0.1) is 11.8 Å². The zero-order valence-corrected chi connectivity index (χ0v) is 19.0. The van der Waals surface area contributed by atoms with Gasteiger partial charge in [-0.15, -0.1) is 0 Å². The quantitative estimate of drug-likeness (QED) is 0.373. The van der Waals surface area contributed by atoms with Crippen molar-refractivity contribution in [2.45, 2.75) is 95.9 Å². The maximum absolute atomic E-state index is 13.1. The van der Waals surface area contributed by atoms with E-state index in [9.17, 15) is 19.5 Å². The molecule has 2 aliphatic carbocycles. The molecule has 4 aliphatic rings. The molecule has 178 valence electrons. The summed E-state index contributed by atoms with van der Waals surface area (Å²) in [5.74, 6) is -1.62. The number of β-lactam (4-membered cyclic amide) rings is 1. The van der Waals surface area contributed by atoms with Crippen molar-refractivity contribution in [3.05, 3.63) is 11.3 Å². The Hall–Kier alpha value is -2.13. The van der Waals surface area contributed by atoms with Crippen LogP contribution in [0.4, 0.5) is 4.79 Å². The molecule has 9 nitrogen and oxygen atoms in total. The second-order valence-corrected chi connectivity index (χ2v) is 9.25. The SMILES string of the molecule is CO[C@H]1CCC[C@@H]2C1=C(C(=O)OC(C)OC(=O)OC1CCCCC1)N1C(=O)[C@H]([C@@H](C)O)[C@@H]21. The molecule has 32 heavy (non-hydrogen) atoms. The molecule has 0 aromatic rings. The van der Waals surface area contributed by atoms with Gasteiger partial charge in [-0.25, -0.2) is 9.59 Å². The predicted molar refractivity (Wildman–Crippen MR) is 111 cm³/mol. The number of hydrogen-bond acceptors (Lipinski definition) is 8. The van der Waals surface area contributed by atoms with E-state index in [2.05, 4.69) is 0 Å². The summed E-state index contributed by atoms with van der Waals surface area (Å²) in [5, 5.41) is 10.1. The van der Waals surface area contributed by atoms with Crippen molar-refractivity contribution in [1.29, 1.82) is 0 Å². The molecule has 0 aromatic heterocycles.